The average molecular weight is 351 g/mol. The third-order valence-corrected chi connectivity index (χ3v) is 3.73. The van der Waals surface area contributed by atoms with Crippen molar-refractivity contribution in [2.45, 2.75) is 13.5 Å². The van der Waals surface area contributed by atoms with Crippen molar-refractivity contribution in [1.82, 2.24) is 20.1 Å². The van der Waals surface area contributed by atoms with E-state index in [1.807, 2.05) is 44.4 Å². The number of pyridine rings is 1. The predicted molar refractivity (Wildman–Crippen MR) is 99.9 cm³/mol. The number of rotatable bonds is 6. The monoisotopic (exact) mass is 351 g/mol. The summed E-state index contributed by atoms with van der Waals surface area (Å²) >= 11 is 0. The number of carbonyl (C=O) groups excluding carboxylic acids is 1. The summed E-state index contributed by atoms with van der Waals surface area (Å²) in [6, 6.07) is 10.7. The molecule has 0 saturated carbocycles. The number of urea groups is 1. The minimum atomic E-state index is -0.282. The van der Waals surface area contributed by atoms with Gasteiger partial charge in [-0.3, -0.25) is 9.67 Å². The molecule has 0 aliphatic carbocycles. The summed E-state index contributed by atoms with van der Waals surface area (Å²) in [5.41, 5.74) is 3.34. The van der Waals surface area contributed by atoms with Gasteiger partial charge in [0.05, 0.1) is 18.5 Å². The second-order valence-electron chi connectivity index (χ2n) is 5.68. The van der Waals surface area contributed by atoms with Crippen LogP contribution in [0.2, 0.25) is 0 Å². The standard InChI is InChI=1S/C19H21N5O2/c1-3-26-17-8-6-16(7-9-17)23-19(25)21-11-14-5-4-10-20-18(14)15-12-22-24(2)13-15/h4-10,12-13H,3,11H2,1-2H3,(H2,21,23,25). The molecule has 3 aromatic rings. The summed E-state index contributed by atoms with van der Waals surface area (Å²) < 4.78 is 7.11. The molecule has 1 aromatic carbocycles. The molecule has 26 heavy (non-hydrogen) atoms. The van der Waals surface area contributed by atoms with Gasteiger partial charge in [-0.1, -0.05) is 6.07 Å². The van der Waals surface area contributed by atoms with E-state index < -0.39 is 0 Å². The molecule has 2 aromatic heterocycles. The Morgan fingerprint density at radius 1 is 1.23 bits per heavy atom. The van der Waals surface area contributed by atoms with Gasteiger partial charge < -0.3 is 15.4 Å². The van der Waals surface area contributed by atoms with Gasteiger partial charge >= 0.3 is 6.03 Å². The highest BCUT2D eigenvalue weighted by atomic mass is 16.5. The number of carbonyl (C=O) groups is 1. The third-order valence-electron chi connectivity index (χ3n) is 3.73. The van der Waals surface area contributed by atoms with E-state index in [1.165, 1.54) is 0 Å². The lowest BCUT2D eigenvalue weighted by Crippen LogP contribution is -2.28. The van der Waals surface area contributed by atoms with Gasteiger partial charge in [-0.2, -0.15) is 5.10 Å². The van der Waals surface area contributed by atoms with Gasteiger partial charge in [-0.15, -0.1) is 0 Å². The maximum Gasteiger partial charge on any atom is 0.319 e. The molecule has 7 nitrogen and oxygen atoms in total. The van der Waals surface area contributed by atoms with E-state index in [-0.39, 0.29) is 6.03 Å². The molecular weight excluding hydrogens is 330 g/mol. The van der Waals surface area contributed by atoms with Crippen LogP contribution >= 0.6 is 0 Å². The lowest BCUT2D eigenvalue weighted by molar-refractivity contribution is 0.251. The van der Waals surface area contributed by atoms with E-state index in [0.29, 0.717) is 18.8 Å². The summed E-state index contributed by atoms with van der Waals surface area (Å²) in [6.07, 6.45) is 5.38. The van der Waals surface area contributed by atoms with E-state index in [1.54, 1.807) is 29.2 Å². The molecule has 0 fully saturated rings. The molecule has 0 atom stereocenters. The van der Waals surface area contributed by atoms with Crippen molar-refractivity contribution in [3.05, 3.63) is 60.6 Å². The van der Waals surface area contributed by atoms with Gasteiger partial charge in [0.1, 0.15) is 5.75 Å². The third kappa shape index (κ3) is 4.38. The number of benzene rings is 1. The number of nitrogens with zero attached hydrogens (tertiary/aromatic N) is 3. The van der Waals surface area contributed by atoms with Crippen molar-refractivity contribution in [2.24, 2.45) is 7.05 Å². The number of anilines is 1. The maximum absolute atomic E-state index is 12.2. The minimum Gasteiger partial charge on any atom is -0.494 e. The van der Waals surface area contributed by atoms with E-state index >= 15 is 0 Å². The van der Waals surface area contributed by atoms with Crippen LogP contribution in [0.15, 0.2) is 55.0 Å². The molecule has 0 unspecified atom stereocenters. The van der Waals surface area contributed by atoms with Gasteiger partial charge in [0.25, 0.3) is 0 Å². The zero-order valence-electron chi connectivity index (χ0n) is 14.8. The summed E-state index contributed by atoms with van der Waals surface area (Å²) in [5.74, 6) is 0.773. The molecule has 7 heteroatoms. The highest BCUT2D eigenvalue weighted by Gasteiger charge is 2.09. The smallest absolute Gasteiger partial charge is 0.319 e. The Hall–Kier alpha value is -3.35. The number of hydrogen-bond donors (Lipinski definition) is 2. The SMILES string of the molecule is CCOc1ccc(NC(=O)NCc2cccnc2-c2cnn(C)c2)cc1. The van der Waals surface area contributed by atoms with Gasteiger partial charge in [-0.25, -0.2) is 4.79 Å². The van der Waals surface area contributed by atoms with Crippen LogP contribution in [0.3, 0.4) is 0 Å². The summed E-state index contributed by atoms with van der Waals surface area (Å²) in [4.78, 5) is 16.6. The van der Waals surface area contributed by atoms with Gasteiger partial charge in [0.2, 0.25) is 0 Å². The zero-order valence-corrected chi connectivity index (χ0v) is 14.8. The first kappa shape index (κ1) is 17.5. The number of amides is 2. The molecular formula is C19H21N5O2. The quantitative estimate of drug-likeness (QED) is 0.714. The van der Waals surface area contributed by atoms with Crippen molar-refractivity contribution < 1.29 is 9.53 Å². The fourth-order valence-corrected chi connectivity index (χ4v) is 2.54. The van der Waals surface area contributed by atoms with Crippen LogP contribution in [0.4, 0.5) is 10.5 Å². The number of aromatic nitrogens is 3. The van der Waals surface area contributed by atoms with Crippen LogP contribution in [0.25, 0.3) is 11.3 Å². The van der Waals surface area contributed by atoms with Crippen LogP contribution < -0.4 is 15.4 Å². The van der Waals surface area contributed by atoms with Crippen LogP contribution in [-0.2, 0) is 13.6 Å². The van der Waals surface area contributed by atoms with Gasteiger partial charge in [0.15, 0.2) is 0 Å². The number of hydrogen-bond acceptors (Lipinski definition) is 4. The number of ether oxygens (including phenoxy) is 1. The molecule has 0 aliphatic heterocycles. The Morgan fingerprint density at radius 3 is 2.73 bits per heavy atom. The molecule has 2 N–H and O–H groups in total. The fourth-order valence-electron chi connectivity index (χ4n) is 2.54. The Morgan fingerprint density at radius 2 is 2.04 bits per heavy atom. The molecule has 0 saturated heterocycles. The molecule has 3 rings (SSSR count). The topological polar surface area (TPSA) is 81.1 Å². The van der Waals surface area contributed by atoms with Crippen molar-refractivity contribution in [1.29, 1.82) is 0 Å². The maximum atomic E-state index is 12.2. The van der Waals surface area contributed by atoms with E-state index in [0.717, 1.165) is 22.6 Å². The van der Waals surface area contributed by atoms with Crippen LogP contribution in [0, 0.1) is 0 Å². The van der Waals surface area contributed by atoms with Crippen molar-refractivity contribution in [3.8, 4) is 17.0 Å². The first-order valence-corrected chi connectivity index (χ1v) is 8.36. The Balaban J connectivity index is 1.61. The van der Waals surface area contributed by atoms with Crippen molar-refractivity contribution in [2.75, 3.05) is 11.9 Å². The number of nitrogens with one attached hydrogen (secondary N) is 2. The lowest BCUT2D eigenvalue weighted by atomic mass is 10.1. The minimum absolute atomic E-state index is 0.282. The van der Waals surface area contributed by atoms with Crippen LogP contribution in [0.1, 0.15) is 12.5 Å². The summed E-state index contributed by atoms with van der Waals surface area (Å²) in [7, 11) is 1.86. The van der Waals surface area contributed by atoms with E-state index in [4.69, 9.17) is 4.74 Å². The van der Waals surface area contributed by atoms with E-state index in [2.05, 4.69) is 20.7 Å². The zero-order chi connectivity index (χ0) is 18.4. The molecule has 0 bridgehead atoms. The predicted octanol–water partition coefficient (Wildman–Crippen LogP) is 3.20. The Kier molecular flexibility index (Phi) is 5.48. The summed E-state index contributed by atoms with van der Waals surface area (Å²) in [6.45, 7) is 2.90. The molecule has 2 heterocycles. The average Bonchev–Trinajstić information content (AvgIpc) is 3.08. The molecule has 0 aliphatic rings. The highest BCUT2D eigenvalue weighted by molar-refractivity contribution is 5.89. The number of aryl methyl sites for hydroxylation is 1. The Labute approximate surface area is 152 Å². The Bertz CT molecular complexity index is 874. The fraction of sp³-hybridized carbons (Fsp3) is 0.211. The highest BCUT2D eigenvalue weighted by Crippen LogP contribution is 2.20. The molecule has 0 spiro atoms. The first-order valence-electron chi connectivity index (χ1n) is 8.36. The van der Waals surface area contributed by atoms with Crippen molar-refractivity contribution >= 4 is 11.7 Å². The molecule has 134 valence electrons. The lowest BCUT2D eigenvalue weighted by Gasteiger charge is -2.10. The normalized spacial score (nSPS) is 10.4. The molecule has 0 radical (unpaired) electrons. The van der Waals surface area contributed by atoms with Gasteiger partial charge in [0, 0.05) is 37.2 Å². The van der Waals surface area contributed by atoms with Gasteiger partial charge in [-0.05, 0) is 42.8 Å². The van der Waals surface area contributed by atoms with Crippen LogP contribution in [0.5, 0.6) is 5.75 Å². The first-order chi connectivity index (χ1) is 12.7. The largest absolute Gasteiger partial charge is 0.494 e. The molecule has 2 amide bonds. The van der Waals surface area contributed by atoms with E-state index in [9.17, 15) is 4.79 Å². The van der Waals surface area contributed by atoms with Crippen molar-refractivity contribution in [3.63, 3.8) is 0 Å². The second kappa shape index (κ2) is 8.15. The van der Waals surface area contributed by atoms with Crippen LogP contribution in [-0.4, -0.2) is 27.4 Å². The summed E-state index contributed by atoms with van der Waals surface area (Å²) in [5, 5.41) is 9.83. The second-order valence-corrected chi connectivity index (χ2v) is 5.68.